The van der Waals surface area contributed by atoms with Crippen LogP contribution < -0.4 is 21.7 Å². The van der Waals surface area contributed by atoms with Gasteiger partial charge >= 0.3 is 17.9 Å². The molecule has 0 fully saturated rings. The smallest absolute Gasteiger partial charge is 0.328 e. The number of rotatable bonds is 16. The highest BCUT2D eigenvalue weighted by Crippen LogP contribution is 2.11. The minimum absolute atomic E-state index is 0.220. The van der Waals surface area contributed by atoms with Gasteiger partial charge in [-0.25, -0.2) is 4.79 Å². The van der Waals surface area contributed by atoms with Crippen molar-refractivity contribution in [3.8, 4) is 0 Å². The molecule has 0 bridgehead atoms. The third kappa shape index (κ3) is 11.0. The van der Waals surface area contributed by atoms with E-state index >= 15 is 0 Å². The molecule has 0 spiro atoms. The second kappa shape index (κ2) is 14.8. The van der Waals surface area contributed by atoms with Gasteiger partial charge in [0, 0.05) is 12.8 Å². The Hall–Kier alpha value is -3.26. The quantitative estimate of drug-likeness (QED) is 0.118. The second-order valence-electron chi connectivity index (χ2n) is 7.97. The number of carbonyl (C=O) groups excluding carboxylic acids is 3. The molecule has 6 atom stereocenters. The summed E-state index contributed by atoms with van der Waals surface area (Å²) in [7, 11) is 0. The van der Waals surface area contributed by atoms with E-state index in [9.17, 15) is 39.0 Å². The van der Waals surface area contributed by atoms with Crippen LogP contribution in [0, 0.1) is 5.92 Å². The second-order valence-corrected chi connectivity index (χ2v) is 7.97. The van der Waals surface area contributed by atoms with Crippen molar-refractivity contribution < 1.29 is 49.2 Å². The zero-order valence-corrected chi connectivity index (χ0v) is 19.3. The highest BCUT2D eigenvalue weighted by atomic mass is 16.4. The Balaban J connectivity index is 5.59. The third-order valence-electron chi connectivity index (χ3n) is 5.13. The van der Waals surface area contributed by atoms with E-state index in [-0.39, 0.29) is 12.8 Å². The van der Waals surface area contributed by atoms with Crippen molar-refractivity contribution in [2.45, 2.75) is 83.1 Å². The summed E-state index contributed by atoms with van der Waals surface area (Å²) in [6, 6.07) is -5.58. The van der Waals surface area contributed by atoms with E-state index in [2.05, 4.69) is 16.0 Å². The van der Waals surface area contributed by atoms with Crippen molar-refractivity contribution in [2.24, 2.45) is 11.7 Å². The molecule has 0 heterocycles. The fourth-order valence-corrected chi connectivity index (χ4v) is 2.81. The lowest BCUT2D eigenvalue weighted by Crippen LogP contribution is -2.59. The van der Waals surface area contributed by atoms with Crippen LogP contribution in [0.5, 0.6) is 0 Å². The van der Waals surface area contributed by atoms with E-state index in [4.69, 9.17) is 15.9 Å². The van der Waals surface area contributed by atoms with Crippen molar-refractivity contribution in [1.29, 1.82) is 0 Å². The first-order chi connectivity index (χ1) is 15.7. The molecule has 194 valence electrons. The SMILES string of the molecule is CCC(C)C(NC(=O)C(CCC(=O)O)NC(=O)C(N)CCC(=O)O)C(=O)NC(C(=O)O)C(C)O. The molecule has 0 aromatic rings. The Kier molecular flexibility index (Phi) is 13.4. The lowest BCUT2D eigenvalue weighted by molar-refractivity contribution is -0.145. The molecule has 0 aliphatic rings. The fourth-order valence-electron chi connectivity index (χ4n) is 2.81. The monoisotopic (exact) mass is 490 g/mol. The molecule has 34 heavy (non-hydrogen) atoms. The Labute approximate surface area is 196 Å². The summed E-state index contributed by atoms with van der Waals surface area (Å²) in [6.07, 6.45) is -2.51. The molecule has 0 saturated heterocycles. The highest BCUT2D eigenvalue weighted by Gasteiger charge is 2.34. The van der Waals surface area contributed by atoms with Gasteiger partial charge < -0.3 is 42.1 Å². The van der Waals surface area contributed by atoms with Crippen LogP contribution >= 0.6 is 0 Å². The fraction of sp³-hybridized carbons (Fsp3) is 0.700. The first-order valence-corrected chi connectivity index (χ1v) is 10.7. The van der Waals surface area contributed by atoms with Crippen LogP contribution in [0.25, 0.3) is 0 Å². The van der Waals surface area contributed by atoms with Crippen molar-refractivity contribution in [2.75, 3.05) is 0 Å². The summed E-state index contributed by atoms with van der Waals surface area (Å²) >= 11 is 0. The van der Waals surface area contributed by atoms with Crippen molar-refractivity contribution in [1.82, 2.24) is 16.0 Å². The number of carboxylic acids is 3. The van der Waals surface area contributed by atoms with E-state index in [1.807, 2.05) is 0 Å². The Morgan fingerprint density at radius 2 is 1.26 bits per heavy atom. The van der Waals surface area contributed by atoms with E-state index in [1.54, 1.807) is 13.8 Å². The number of aliphatic hydroxyl groups is 1. The molecule has 0 aliphatic heterocycles. The van der Waals surface area contributed by atoms with Crippen LogP contribution in [0.2, 0.25) is 0 Å². The average molecular weight is 491 g/mol. The van der Waals surface area contributed by atoms with Gasteiger partial charge in [0.05, 0.1) is 12.1 Å². The molecule has 0 rings (SSSR count). The Bertz CT molecular complexity index is 758. The predicted octanol–water partition coefficient (Wildman–Crippen LogP) is -1.99. The summed E-state index contributed by atoms with van der Waals surface area (Å²) in [5.74, 6) is -7.10. The summed E-state index contributed by atoms with van der Waals surface area (Å²) < 4.78 is 0. The average Bonchev–Trinajstić information content (AvgIpc) is 2.74. The van der Waals surface area contributed by atoms with Gasteiger partial charge in [0.1, 0.15) is 12.1 Å². The number of aliphatic carboxylic acids is 3. The van der Waals surface area contributed by atoms with Gasteiger partial charge in [-0.3, -0.25) is 24.0 Å². The summed E-state index contributed by atoms with van der Waals surface area (Å²) in [5, 5.41) is 43.3. The Morgan fingerprint density at radius 3 is 1.71 bits per heavy atom. The van der Waals surface area contributed by atoms with Crippen LogP contribution in [-0.4, -0.2) is 86.3 Å². The summed E-state index contributed by atoms with van der Waals surface area (Å²) in [6.45, 7) is 4.49. The zero-order valence-electron chi connectivity index (χ0n) is 19.3. The third-order valence-corrected chi connectivity index (χ3v) is 5.13. The molecular formula is C20H34N4O10. The van der Waals surface area contributed by atoms with Crippen LogP contribution in [0.3, 0.4) is 0 Å². The molecule has 0 saturated carbocycles. The minimum Gasteiger partial charge on any atom is -0.481 e. The number of aliphatic hydroxyl groups excluding tert-OH is 1. The van der Waals surface area contributed by atoms with E-state index in [0.29, 0.717) is 6.42 Å². The molecular weight excluding hydrogens is 456 g/mol. The molecule has 6 unspecified atom stereocenters. The normalized spacial score (nSPS) is 16.1. The molecule has 3 amide bonds. The highest BCUT2D eigenvalue weighted by molar-refractivity contribution is 5.94. The van der Waals surface area contributed by atoms with Crippen molar-refractivity contribution >= 4 is 35.6 Å². The lowest BCUT2D eigenvalue weighted by atomic mass is 9.96. The number of hydrogen-bond acceptors (Lipinski definition) is 8. The minimum atomic E-state index is -1.63. The van der Waals surface area contributed by atoms with Gasteiger partial charge in [-0.1, -0.05) is 20.3 Å². The van der Waals surface area contributed by atoms with Crippen LogP contribution in [-0.2, 0) is 28.8 Å². The number of carboxylic acid groups (broad SMARTS) is 3. The van der Waals surface area contributed by atoms with Gasteiger partial charge in [0.25, 0.3) is 0 Å². The van der Waals surface area contributed by atoms with Crippen LogP contribution in [0.1, 0.15) is 52.9 Å². The number of nitrogens with one attached hydrogen (secondary N) is 3. The van der Waals surface area contributed by atoms with Crippen molar-refractivity contribution in [3.63, 3.8) is 0 Å². The van der Waals surface area contributed by atoms with Gasteiger partial charge in [-0.2, -0.15) is 0 Å². The van der Waals surface area contributed by atoms with Crippen molar-refractivity contribution in [3.05, 3.63) is 0 Å². The van der Waals surface area contributed by atoms with Crippen LogP contribution in [0.4, 0.5) is 0 Å². The summed E-state index contributed by atoms with van der Waals surface area (Å²) in [4.78, 5) is 70.8. The number of amides is 3. The molecule has 14 heteroatoms. The van der Waals surface area contributed by atoms with Gasteiger partial charge in [-0.15, -0.1) is 0 Å². The van der Waals surface area contributed by atoms with E-state index in [0.717, 1.165) is 0 Å². The molecule has 9 N–H and O–H groups in total. The maximum atomic E-state index is 12.9. The van der Waals surface area contributed by atoms with E-state index in [1.165, 1.54) is 6.92 Å². The number of carbonyl (C=O) groups is 6. The van der Waals surface area contributed by atoms with Gasteiger partial charge in [0.2, 0.25) is 17.7 Å². The largest absolute Gasteiger partial charge is 0.481 e. The van der Waals surface area contributed by atoms with E-state index < -0.39 is 84.7 Å². The lowest BCUT2D eigenvalue weighted by Gasteiger charge is -2.28. The molecule has 0 aromatic heterocycles. The molecule has 0 radical (unpaired) electrons. The predicted molar refractivity (Wildman–Crippen MR) is 116 cm³/mol. The standard InChI is InChI=1S/C20H34N4O10/c1-4-9(2)15(19(32)24-16(10(3)25)20(33)34)23-18(31)12(6-8-14(28)29)22-17(30)11(21)5-7-13(26)27/h9-12,15-16,25H,4-8,21H2,1-3H3,(H,22,30)(H,23,31)(H,24,32)(H,26,27)(H,28,29)(H,33,34). The topological polar surface area (TPSA) is 245 Å². The molecule has 0 aromatic carbocycles. The maximum Gasteiger partial charge on any atom is 0.328 e. The number of hydrogen-bond donors (Lipinski definition) is 8. The first-order valence-electron chi connectivity index (χ1n) is 10.7. The van der Waals surface area contributed by atoms with Gasteiger partial charge in [-0.05, 0) is 25.7 Å². The zero-order chi connectivity index (χ0) is 26.6. The molecule has 0 aliphatic carbocycles. The van der Waals surface area contributed by atoms with Gasteiger partial charge in [0.15, 0.2) is 6.04 Å². The number of nitrogens with two attached hydrogens (primary N) is 1. The van der Waals surface area contributed by atoms with Crippen LogP contribution in [0.15, 0.2) is 0 Å². The first kappa shape index (κ1) is 30.7. The Morgan fingerprint density at radius 1 is 0.765 bits per heavy atom. The summed E-state index contributed by atoms with van der Waals surface area (Å²) in [5.41, 5.74) is 5.63. The molecule has 14 nitrogen and oxygen atoms in total. The maximum absolute atomic E-state index is 12.9.